The van der Waals surface area contributed by atoms with Gasteiger partial charge in [-0.25, -0.2) is 4.79 Å². The normalized spacial score (nSPS) is 11.4. The standard InChI is InChI=1S/C11H16N4O/c1-15(5-4-12)7-8-2-3-9-10(6-8)14-11(16)13-9/h2-3,6H,4-5,7,12H2,1H3,(H2,13,14,16). The Morgan fingerprint density at radius 3 is 2.81 bits per heavy atom. The van der Waals surface area contributed by atoms with Gasteiger partial charge in [-0.3, -0.25) is 0 Å². The maximum absolute atomic E-state index is 11.1. The van der Waals surface area contributed by atoms with Gasteiger partial charge in [-0.05, 0) is 24.7 Å². The number of imidazole rings is 1. The molecule has 1 aromatic heterocycles. The zero-order chi connectivity index (χ0) is 11.5. The Hall–Kier alpha value is -1.59. The van der Waals surface area contributed by atoms with Crippen molar-refractivity contribution in [1.29, 1.82) is 0 Å². The third kappa shape index (κ3) is 2.32. The lowest BCUT2D eigenvalue weighted by atomic mass is 10.2. The largest absolute Gasteiger partial charge is 0.329 e. The predicted octanol–water partition coefficient (Wildman–Crippen LogP) is 0.247. The summed E-state index contributed by atoms with van der Waals surface area (Å²) in [5, 5.41) is 0. The van der Waals surface area contributed by atoms with Crippen molar-refractivity contribution in [2.45, 2.75) is 6.54 Å². The highest BCUT2D eigenvalue weighted by Crippen LogP contribution is 2.11. The van der Waals surface area contributed by atoms with Crippen LogP contribution in [0.5, 0.6) is 0 Å². The number of nitrogens with one attached hydrogen (secondary N) is 2. The molecule has 0 atom stereocenters. The van der Waals surface area contributed by atoms with Gasteiger partial charge in [0.1, 0.15) is 0 Å². The summed E-state index contributed by atoms with van der Waals surface area (Å²) in [5.41, 5.74) is 8.18. The number of nitrogens with zero attached hydrogens (tertiary/aromatic N) is 1. The lowest BCUT2D eigenvalue weighted by Gasteiger charge is -2.15. The number of fused-ring (bicyclic) bond motifs is 1. The first kappa shape index (κ1) is 10.9. The van der Waals surface area contributed by atoms with E-state index in [-0.39, 0.29) is 5.69 Å². The lowest BCUT2D eigenvalue weighted by molar-refractivity contribution is 0.336. The van der Waals surface area contributed by atoms with Crippen molar-refractivity contribution < 1.29 is 0 Å². The monoisotopic (exact) mass is 220 g/mol. The molecule has 0 unspecified atom stereocenters. The second-order valence-electron chi connectivity index (χ2n) is 3.99. The molecule has 0 radical (unpaired) electrons. The van der Waals surface area contributed by atoms with E-state index in [1.165, 1.54) is 5.56 Å². The SMILES string of the molecule is CN(CCN)Cc1ccc2[nH]c(=O)[nH]c2c1. The quantitative estimate of drug-likeness (QED) is 0.691. The smallest absolute Gasteiger partial charge is 0.323 e. The average molecular weight is 220 g/mol. The molecule has 86 valence electrons. The average Bonchev–Trinajstić information content (AvgIpc) is 2.57. The summed E-state index contributed by atoms with van der Waals surface area (Å²) in [6.07, 6.45) is 0. The van der Waals surface area contributed by atoms with E-state index in [4.69, 9.17) is 5.73 Å². The van der Waals surface area contributed by atoms with Crippen LogP contribution < -0.4 is 11.4 Å². The van der Waals surface area contributed by atoms with Crippen molar-refractivity contribution >= 4 is 11.0 Å². The molecule has 0 bridgehead atoms. The molecule has 16 heavy (non-hydrogen) atoms. The van der Waals surface area contributed by atoms with Gasteiger partial charge in [0.2, 0.25) is 0 Å². The Bertz CT molecular complexity index is 528. The van der Waals surface area contributed by atoms with Gasteiger partial charge in [0.05, 0.1) is 11.0 Å². The van der Waals surface area contributed by atoms with Gasteiger partial charge in [-0.2, -0.15) is 0 Å². The van der Waals surface area contributed by atoms with E-state index < -0.39 is 0 Å². The summed E-state index contributed by atoms with van der Waals surface area (Å²) >= 11 is 0. The Kier molecular flexibility index (Phi) is 3.07. The minimum atomic E-state index is -0.164. The highest BCUT2D eigenvalue weighted by molar-refractivity contribution is 5.74. The second-order valence-corrected chi connectivity index (χ2v) is 3.99. The Morgan fingerprint density at radius 2 is 2.06 bits per heavy atom. The molecule has 0 aliphatic rings. The fraction of sp³-hybridized carbons (Fsp3) is 0.364. The second kappa shape index (κ2) is 4.51. The topological polar surface area (TPSA) is 77.9 Å². The number of hydrogen-bond acceptors (Lipinski definition) is 3. The number of hydrogen-bond donors (Lipinski definition) is 3. The van der Waals surface area contributed by atoms with Gasteiger partial charge >= 0.3 is 5.69 Å². The summed E-state index contributed by atoms with van der Waals surface area (Å²) < 4.78 is 0. The summed E-state index contributed by atoms with van der Waals surface area (Å²) in [7, 11) is 2.02. The Labute approximate surface area is 93.3 Å². The summed E-state index contributed by atoms with van der Waals surface area (Å²) in [6.45, 7) is 2.35. The molecule has 2 aromatic rings. The molecule has 0 amide bonds. The van der Waals surface area contributed by atoms with Crippen LogP contribution in [-0.4, -0.2) is 35.0 Å². The zero-order valence-electron chi connectivity index (χ0n) is 9.29. The molecule has 4 N–H and O–H groups in total. The van der Waals surface area contributed by atoms with Gasteiger partial charge in [-0.1, -0.05) is 6.07 Å². The Morgan fingerprint density at radius 1 is 1.31 bits per heavy atom. The first-order chi connectivity index (χ1) is 7.69. The highest BCUT2D eigenvalue weighted by Gasteiger charge is 2.02. The number of H-pyrrole nitrogens is 2. The van der Waals surface area contributed by atoms with Gasteiger partial charge in [0.15, 0.2) is 0 Å². The number of likely N-dealkylation sites (N-methyl/N-ethyl adjacent to an activating group) is 1. The molecule has 0 saturated carbocycles. The first-order valence-electron chi connectivity index (χ1n) is 5.28. The summed E-state index contributed by atoms with van der Waals surface area (Å²) in [5.74, 6) is 0. The predicted molar refractivity (Wildman–Crippen MR) is 64.3 cm³/mol. The van der Waals surface area contributed by atoms with Crippen LogP contribution in [0.25, 0.3) is 11.0 Å². The Balaban J connectivity index is 2.22. The fourth-order valence-corrected chi connectivity index (χ4v) is 1.79. The van der Waals surface area contributed by atoms with Gasteiger partial charge in [0.25, 0.3) is 0 Å². The maximum atomic E-state index is 11.1. The van der Waals surface area contributed by atoms with Crippen molar-refractivity contribution in [3.05, 3.63) is 34.2 Å². The molecular weight excluding hydrogens is 204 g/mol. The van der Waals surface area contributed by atoms with Crippen LogP contribution in [0.4, 0.5) is 0 Å². The van der Waals surface area contributed by atoms with Crippen molar-refractivity contribution in [3.63, 3.8) is 0 Å². The maximum Gasteiger partial charge on any atom is 0.323 e. The highest BCUT2D eigenvalue weighted by atomic mass is 16.1. The van der Waals surface area contributed by atoms with Crippen LogP contribution >= 0.6 is 0 Å². The molecule has 0 saturated heterocycles. The van der Waals surface area contributed by atoms with E-state index >= 15 is 0 Å². The van der Waals surface area contributed by atoms with E-state index in [0.717, 1.165) is 24.1 Å². The third-order valence-electron chi connectivity index (χ3n) is 2.54. The molecule has 5 heteroatoms. The van der Waals surface area contributed by atoms with Crippen LogP contribution in [0.15, 0.2) is 23.0 Å². The van der Waals surface area contributed by atoms with Gasteiger partial charge in [0, 0.05) is 19.6 Å². The van der Waals surface area contributed by atoms with Crippen molar-refractivity contribution in [2.75, 3.05) is 20.1 Å². The number of aromatic nitrogens is 2. The molecule has 0 aliphatic carbocycles. The van der Waals surface area contributed by atoms with E-state index in [1.54, 1.807) is 0 Å². The first-order valence-corrected chi connectivity index (χ1v) is 5.28. The molecule has 5 nitrogen and oxygen atoms in total. The minimum absolute atomic E-state index is 0.164. The number of nitrogens with two attached hydrogens (primary N) is 1. The van der Waals surface area contributed by atoms with Crippen LogP contribution in [0.3, 0.4) is 0 Å². The van der Waals surface area contributed by atoms with Crippen LogP contribution in [0, 0.1) is 0 Å². The number of benzene rings is 1. The molecule has 0 fully saturated rings. The van der Waals surface area contributed by atoms with Crippen molar-refractivity contribution in [3.8, 4) is 0 Å². The molecule has 0 spiro atoms. The minimum Gasteiger partial charge on any atom is -0.329 e. The van der Waals surface area contributed by atoms with E-state index in [2.05, 4.69) is 14.9 Å². The molecular formula is C11H16N4O. The molecule has 2 rings (SSSR count). The van der Waals surface area contributed by atoms with Gasteiger partial charge < -0.3 is 20.6 Å². The van der Waals surface area contributed by atoms with Crippen LogP contribution in [-0.2, 0) is 6.54 Å². The van der Waals surface area contributed by atoms with E-state index in [9.17, 15) is 4.79 Å². The van der Waals surface area contributed by atoms with Crippen molar-refractivity contribution in [2.24, 2.45) is 5.73 Å². The summed E-state index contributed by atoms with van der Waals surface area (Å²) in [6, 6.07) is 5.91. The number of rotatable bonds is 4. The van der Waals surface area contributed by atoms with E-state index in [1.807, 2.05) is 25.2 Å². The van der Waals surface area contributed by atoms with E-state index in [0.29, 0.717) is 6.54 Å². The zero-order valence-corrected chi connectivity index (χ0v) is 9.29. The fourth-order valence-electron chi connectivity index (χ4n) is 1.79. The molecule has 0 aliphatic heterocycles. The third-order valence-corrected chi connectivity index (χ3v) is 2.54. The summed E-state index contributed by atoms with van der Waals surface area (Å²) in [4.78, 5) is 18.7. The van der Waals surface area contributed by atoms with Crippen LogP contribution in [0.1, 0.15) is 5.56 Å². The van der Waals surface area contributed by atoms with Crippen LogP contribution in [0.2, 0.25) is 0 Å². The number of aromatic amines is 2. The molecule has 1 aromatic carbocycles. The van der Waals surface area contributed by atoms with Crippen molar-refractivity contribution in [1.82, 2.24) is 14.9 Å². The molecule has 1 heterocycles. The van der Waals surface area contributed by atoms with Gasteiger partial charge in [-0.15, -0.1) is 0 Å². The lowest BCUT2D eigenvalue weighted by Crippen LogP contribution is -2.24.